The molecule has 0 spiro atoms. The van der Waals surface area contributed by atoms with Crippen molar-refractivity contribution < 1.29 is 9.72 Å². The zero-order valence-corrected chi connectivity index (χ0v) is 12.1. The van der Waals surface area contributed by atoms with E-state index in [1.165, 1.54) is 18.2 Å². The number of carbonyl (C=O) groups excluding carboxylic acids is 1. The van der Waals surface area contributed by atoms with Crippen LogP contribution < -0.4 is 0 Å². The third kappa shape index (κ3) is 3.10. The molecule has 1 aliphatic rings. The average Bonchev–Trinajstić information content (AvgIpc) is 2.62. The maximum Gasteiger partial charge on any atom is 0.270 e. The number of non-ortho nitro benzene ring substituents is 1. The van der Waals surface area contributed by atoms with E-state index in [1.807, 2.05) is 11.8 Å². The second-order valence-electron chi connectivity index (χ2n) is 5.12. The van der Waals surface area contributed by atoms with Crippen LogP contribution in [0.1, 0.15) is 43.0 Å². The van der Waals surface area contributed by atoms with Gasteiger partial charge in [-0.2, -0.15) is 0 Å². The van der Waals surface area contributed by atoms with Crippen molar-refractivity contribution in [3.8, 4) is 0 Å². The van der Waals surface area contributed by atoms with Gasteiger partial charge >= 0.3 is 0 Å². The molecule has 1 unspecified atom stereocenters. The summed E-state index contributed by atoms with van der Waals surface area (Å²) >= 11 is 6.02. The fourth-order valence-corrected chi connectivity index (χ4v) is 2.78. The van der Waals surface area contributed by atoms with Crippen molar-refractivity contribution in [3.63, 3.8) is 0 Å². The first-order valence-corrected chi connectivity index (χ1v) is 7.13. The Morgan fingerprint density at radius 2 is 2.15 bits per heavy atom. The van der Waals surface area contributed by atoms with E-state index in [2.05, 4.69) is 0 Å². The third-order valence-electron chi connectivity index (χ3n) is 3.71. The van der Waals surface area contributed by atoms with E-state index in [-0.39, 0.29) is 22.7 Å². The highest BCUT2D eigenvalue weighted by molar-refractivity contribution is 6.34. The van der Waals surface area contributed by atoms with Crippen molar-refractivity contribution in [2.24, 2.45) is 0 Å². The minimum absolute atomic E-state index is 0.101. The summed E-state index contributed by atoms with van der Waals surface area (Å²) in [7, 11) is 0. The van der Waals surface area contributed by atoms with Crippen LogP contribution in [0.2, 0.25) is 5.02 Å². The van der Waals surface area contributed by atoms with Crippen LogP contribution >= 0.6 is 11.6 Å². The molecular formula is C14H17ClN2O3. The standard InChI is InChI=1S/C14H17ClN2O3/c1-10-5-3-2-4-8-16(10)14(18)12-7-6-11(17(19)20)9-13(12)15/h6-7,9-10H,2-5,8H2,1H3. The maximum absolute atomic E-state index is 12.5. The average molecular weight is 297 g/mol. The number of rotatable bonds is 2. The topological polar surface area (TPSA) is 63.5 Å². The van der Waals surface area contributed by atoms with Crippen molar-refractivity contribution in [1.29, 1.82) is 0 Å². The summed E-state index contributed by atoms with van der Waals surface area (Å²) in [5, 5.41) is 10.8. The molecule has 0 radical (unpaired) electrons. The summed E-state index contributed by atoms with van der Waals surface area (Å²) < 4.78 is 0. The number of carbonyl (C=O) groups is 1. The zero-order chi connectivity index (χ0) is 14.7. The van der Waals surface area contributed by atoms with Crippen molar-refractivity contribution in [3.05, 3.63) is 38.9 Å². The van der Waals surface area contributed by atoms with Gasteiger partial charge in [0.05, 0.1) is 15.5 Å². The SMILES string of the molecule is CC1CCCCCN1C(=O)c1ccc([N+](=O)[O-])cc1Cl. The smallest absolute Gasteiger partial charge is 0.270 e. The van der Waals surface area contributed by atoms with Gasteiger partial charge in [-0.25, -0.2) is 0 Å². The number of hydrogen-bond donors (Lipinski definition) is 0. The van der Waals surface area contributed by atoms with Gasteiger partial charge < -0.3 is 4.90 Å². The fraction of sp³-hybridized carbons (Fsp3) is 0.500. The minimum atomic E-state index is -0.519. The van der Waals surface area contributed by atoms with Gasteiger partial charge in [-0.15, -0.1) is 0 Å². The molecule has 0 aromatic heterocycles. The molecule has 1 atom stereocenters. The number of halogens is 1. The van der Waals surface area contributed by atoms with E-state index in [4.69, 9.17) is 11.6 Å². The molecule has 1 aromatic rings. The fourth-order valence-electron chi connectivity index (χ4n) is 2.52. The molecule has 0 N–H and O–H groups in total. The van der Waals surface area contributed by atoms with E-state index in [0.717, 1.165) is 25.7 Å². The highest BCUT2D eigenvalue weighted by Crippen LogP contribution is 2.26. The molecule has 1 fully saturated rings. The predicted molar refractivity (Wildman–Crippen MR) is 77.1 cm³/mol. The quantitative estimate of drug-likeness (QED) is 0.618. The van der Waals surface area contributed by atoms with Crippen molar-refractivity contribution in [2.45, 2.75) is 38.6 Å². The number of amides is 1. The molecular weight excluding hydrogens is 280 g/mol. The van der Waals surface area contributed by atoms with E-state index in [0.29, 0.717) is 12.1 Å². The Balaban J connectivity index is 2.26. The van der Waals surface area contributed by atoms with Crippen molar-refractivity contribution >= 4 is 23.2 Å². The summed E-state index contributed by atoms with van der Waals surface area (Å²) in [5.41, 5.74) is 0.237. The van der Waals surface area contributed by atoms with Gasteiger partial charge in [0.2, 0.25) is 0 Å². The Labute approximate surface area is 122 Å². The molecule has 0 bridgehead atoms. The number of nitro groups is 1. The van der Waals surface area contributed by atoms with Crippen LogP contribution in [0.4, 0.5) is 5.69 Å². The van der Waals surface area contributed by atoms with E-state index < -0.39 is 4.92 Å². The molecule has 108 valence electrons. The van der Waals surface area contributed by atoms with Gasteiger partial charge in [-0.1, -0.05) is 24.4 Å². The third-order valence-corrected chi connectivity index (χ3v) is 4.02. The predicted octanol–water partition coefficient (Wildman–Crippen LogP) is 3.65. The lowest BCUT2D eigenvalue weighted by Gasteiger charge is -2.27. The van der Waals surface area contributed by atoms with Gasteiger partial charge in [0.15, 0.2) is 0 Å². The Bertz CT molecular complexity index is 533. The first-order valence-electron chi connectivity index (χ1n) is 6.75. The van der Waals surface area contributed by atoms with Gasteiger partial charge in [-0.3, -0.25) is 14.9 Å². The van der Waals surface area contributed by atoms with Crippen LogP contribution in [-0.4, -0.2) is 28.3 Å². The van der Waals surface area contributed by atoms with Crippen LogP contribution in [0.25, 0.3) is 0 Å². The Hall–Kier alpha value is -1.62. The lowest BCUT2D eigenvalue weighted by Crippen LogP contribution is -2.38. The van der Waals surface area contributed by atoms with Gasteiger partial charge in [0.1, 0.15) is 0 Å². The molecule has 1 amide bonds. The summed E-state index contributed by atoms with van der Waals surface area (Å²) in [6, 6.07) is 4.18. The Morgan fingerprint density at radius 3 is 2.80 bits per heavy atom. The van der Waals surface area contributed by atoms with E-state index in [9.17, 15) is 14.9 Å². The second-order valence-corrected chi connectivity index (χ2v) is 5.53. The summed E-state index contributed by atoms with van der Waals surface area (Å²) in [6.07, 6.45) is 4.22. The van der Waals surface area contributed by atoms with Gasteiger partial charge in [-0.05, 0) is 25.8 Å². The maximum atomic E-state index is 12.5. The largest absolute Gasteiger partial charge is 0.336 e. The lowest BCUT2D eigenvalue weighted by molar-refractivity contribution is -0.384. The molecule has 0 saturated carbocycles. The molecule has 1 saturated heterocycles. The van der Waals surface area contributed by atoms with Gasteiger partial charge in [0.25, 0.3) is 11.6 Å². The molecule has 20 heavy (non-hydrogen) atoms. The second kappa shape index (κ2) is 6.22. The first-order chi connectivity index (χ1) is 9.50. The highest BCUT2D eigenvalue weighted by atomic mass is 35.5. The molecule has 1 heterocycles. The molecule has 6 heteroatoms. The summed E-state index contributed by atoms with van der Waals surface area (Å²) in [6.45, 7) is 2.75. The van der Waals surface area contributed by atoms with E-state index in [1.54, 1.807) is 0 Å². The zero-order valence-electron chi connectivity index (χ0n) is 11.3. The van der Waals surface area contributed by atoms with Crippen LogP contribution in [0.3, 0.4) is 0 Å². The van der Waals surface area contributed by atoms with Crippen molar-refractivity contribution in [2.75, 3.05) is 6.54 Å². The molecule has 0 aliphatic carbocycles. The van der Waals surface area contributed by atoms with Gasteiger partial charge in [0, 0.05) is 24.7 Å². The monoisotopic (exact) mass is 296 g/mol. The molecule has 1 aliphatic heterocycles. The Kier molecular flexibility index (Phi) is 4.60. The van der Waals surface area contributed by atoms with Crippen molar-refractivity contribution in [1.82, 2.24) is 4.90 Å². The number of hydrogen-bond acceptors (Lipinski definition) is 3. The number of benzene rings is 1. The summed E-state index contributed by atoms with van der Waals surface area (Å²) in [4.78, 5) is 24.5. The molecule has 5 nitrogen and oxygen atoms in total. The number of likely N-dealkylation sites (tertiary alicyclic amines) is 1. The number of nitro benzene ring substituents is 1. The molecule has 1 aromatic carbocycles. The summed E-state index contributed by atoms with van der Waals surface area (Å²) in [5.74, 6) is -0.140. The first kappa shape index (κ1) is 14.8. The Morgan fingerprint density at radius 1 is 1.40 bits per heavy atom. The minimum Gasteiger partial charge on any atom is -0.336 e. The lowest BCUT2D eigenvalue weighted by atomic mass is 10.1. The molecule has 2 rings (SSSR count). The van der Waals surface area contributed by atoms with Crippen LogP contribution in [0.5, 0.6) is 0 Å². The normalized spacial score (nSPS) is 19.5. The number of nitrogens with zero attached hydrogens (tertiary/aromatic N) is 2. The van der Waals surface area contributed by atoms with Crippen LogP contribution in [0.15, 0.2) is 18.2 Å². The van der Waals surface area contributed by atoms with Crippen LogP contribution in [-0.2, 0) is 0 Å². The van der Waals surface area contributed by atoms with Crippen LogP contribution in [0, 0.1) is 10.1 Å². The van der Waals surface area contributed by atoms with E-state index >= 15 is 0 Å². The highest BCUT2D eigenvalue weighted by Gasteiger charge is 2.25.